The molecule has 1 heterocycles. The molecule has 0 spiro atoms. The first-order valence-electron chi connectivity index (χ1n) is 7.12. The quantitative estimate of drug-likeness (QED) is 0.846. The summed E-state index contributed by atoms with van der Waals surface area (Å²) in [6, 6.07) is 4.59. The zero-order valence-corrected chi connectivity index (χ0v) is 12.0. The van der Waals surface area contributed by atoms with Crippen LogP contribution in [-0.4, -0.2) is 22.9 Å². The van der Waals surface area contributed by atoms with Crippen LogP contribution in [0, 0.1) is 24.7 Å². The van der Waals surface area contributed by atoms with Crippen molar-refractivity contribution in [1.82, 2.24) is 0 Å². The number of imide groups is 1. The van der Waals surface area contributed by atoms with E-state index in [0.717, 1.165) is 12.8 Å². The number of carbonyl (C=O) groups excluding carboxylic acids is 2. The Morgan fingerprint density at radius 3 is 2.24 bits per heavy atom. The van der Waals surface area contributed by atoms with E-state index in [4.69, 9.17) is 5.11 Å². The van der Waals surface area contributed by atoms with E-state index in [2.05, 4.69) is 6.92 Å². The average molecular weight is 287 g/mol. The van der Waals surface area contributed by atoms with E-state index in [0.29, 0.717) is 17.2 Å². The molecule has 2 atom stereocenters. The van der Waals surface area contributed by atoms with Gasteiger partial charge in [0.2, 0.25) is 11.8 Å². The predicted octanol–water partition coefficient (Wildman–Crippen LogP) is 2.23. The second-order valence-electron chi connectivity index (χ2n) is 6.11. The summed E-state index contributed by atoms with van der Waals surface area (Å²) in [7, 11) is 0. The first-order chi connectivity index (χ1) is 9.90. The highest BCUT2D eigenvalue weighted by atomic mass is 16.4. The maximum absolute atomic E-state index is 12.5. The molecule has 0 bridgehead atoms. The minimum atomic E-state index is -1.01. The predicted molar refractivity (Wildman–Crippen MR) is 76.0 cm³/mol. The number of nitrogens with zero attached hydrogens (tertiary/aromatic N) is 1. The molecule has 2 aliphatic rings. The van der Waals surface area contributed by atoms with E-state index >= 15 is 0 Å². The molecule has 2 amide bonds. The van der Waals surface area contributed by atoms with Gasteiger partial charge >= 0.3 is 5.97 Å². The molecule has 5 heteroatoms. The van der Waals surface area contributed by atoms with Crippen LogP contribution in [0.25, 0.3) is 0 Å². The van der Waals surface area contributed by atoms with Crippen LogP contribution in [0.5, 0.6) is 0 Å². The molecule has 0 aromatic heterocycles. The van der Waals surface area contributed by atoms with Gasteiger partial charge in [0, 0.05) is 0 Å². The molecule has 1 aromatic rings. The molecule has 2 unspecified atom stereocenters. The summed E-state index contributed by atoms with van der Waals surface area (Å²) in [5, 5.41) is 9.04. The van der Waals surface area contributed by atoms with E-state index in [1.54, 1.807) is 13.0 Å². The van der Waals surface area contributed by atoms with E-state index < -0.39 is 5.97 Å². The summed E-state index contributed by atoms with van der Waals surface area (Å²) in [5.74, 6) is -1.29. The average Bonchev–Trinajstić information content (AvgIpc) is 2.89. The maximum Gasteiger partial charge on any atom is 0.335 e. The summed E-state index contributed by atoms with van der Waals surface area (Å²) < 4.78 is 0. The van der Waals surface area contributed by atoms with Gasteiger partial charge in [-0.15, -0.1) is 0 Å². The number of benzene rings is 1. The molecule has 1 saturated heterocycles. The van der Waals surface area contributed by atoms with Crippen LogP contribution >= 0.6 is 0 Å². The van der Waals surface area contributed by atoms with Gasteiger partial charge in [-0.2, -0.15) is 0 Å². The fourth-order valence-corrected chi connectivity index (χ4v) is 3.56. The third kappa shape index (κ3) is 2.04. The molecule has 0 radical (unpaired) electrons. The highest BCUT2D eigenvalue weighted by Crippen LogP contribution is 2.44. The lowest BCUT2D eigenvalue weighted by molar-refractivity contribution is -0.123. The van der Waals surface area contributed by atoms with Crippen LogP contribution in [0.2, 0.25) is 0 Å². The van der Waals surface area contributed by atoms with Crippen LogP contribution < -0.4 is 4.90 Å². The molecule has 1 N–H and O–H groups in total. The molecule has 3 rings (SSSR count). The van der Waals surface area contributed by atoms with Crippen molar-refractivity contribution in [3.8, 4) is 0 Å². The summed E-state index contributed by atoms with van der Waals surface area (Å²) >= 11 is 0. The van der Waals surface area contributed by atoms with Crippen molar-refractivity contribution in [2.45, 2.75) is 26.7 Å². The standard InChI is InChI=1S/C16H17NO4/c1-8-5-12-13(6-8)15(19)17(14(12)18)10-3-4-11(16(20)21)9(2)7-10/h3-4,7-8,12-13H,5-6H2,1-2H3,(H,20,21). The van der Waals surface area contributed by atoms with Gasteiger partial charge in [0.25, 0.3) is 0 Å². The summed E-state index contributed by atoms with van der Waals surface area (Å²) in [6.45, 7) is 3.73. The van der Waals surface area contributed by atoms with Crippen molar-refractivity contribution >= 4 is 23.5 Å². The van der Waals surface area contributed by atoms with E-state index in [-0.39, 0.29) is 29.2 Å². The van der Waals surface area contributed by atoms with E-state index in [1.165, 1.54) is 17.0 Å². The molecule has 1 aliphatic carbocycles. The largest absolute Gasteiger partial charge is 0.478 e. The number of hydrogen-bond donors (Lipinski definition) is 1. The number of anilines is 1. The number of carboxylic acids is 1. The fraction of sp³-hybridized carbons (Fsp3) is 0.438. The zero-order chi connectivity index (χ0) is 15.3. The number of carbonyl (C=O) groups is 3. The Hall–Kier alpha value is -2.17. The second-order valence-corrected chi connectivity index (χ2v) is 6.11. The van der Waals surface area contributed by atoms with Crippen molar-refractivity contribution in [1.29, 1.82) is 0 Å². The third-order valence-corrected chi connectivity index (χ3v) is 4.57. The SMILES string of the molecule is Cc1cc(N2C(=O)C3CC(C)CC3C2=O)ccc1C(=O)O. The Morgan fingerprint density at radius 1 is 1.19 bits per heavy atom. The maximum atomic E-state index is 12.5. The zero-order valence-electron chi connectivity index (χ0n) is 12.0. The topological polar surface area (TPSA) is 74.7 Å². The van der Waals surface area contributed by atoms with Gasteiger partial charge in [-0.05, 0) is 49.4 Å². The molecule has 1 aliphatic heterocycles. The van der Waals surface area contributed by atoms with Crippen molar-refractivity contribution in [2.75, 3.05) is 4.90 Å². The van der Waals surface area contributed by atoms with Crippen LogP contribution in [-0.2, 0) is 9.59 Å². The molecule has 110 valence electrons. The summed E-state index contributed by atoms with van der Waals surface area (Å²) in [6.07, 6.45) is 1.52. The first-order valence-corrected chi connectivity index (χ1v) is 7.12. The lowest BCUT2D eigenvalue weighted by Crippen LogP contribution is -2.32. The normalized spacial score (nSPS) is 28.1. The van der Waals surface area contributed by atoms with E-state index in [1.807, 2.05) is 0 Å². The van der Waals surface area contributed by atoms with Crippen LogP contribution in [0.3, 0.4) is 0 Å². The Labute approximate surface area is 122 Å². The smallest absolute Gasteiger partial charge is 0.335 e. The van der Waals surface area contributed by atoms with Gasteiger partial charge in [-0.1, -0.05) is 6.92 Å². The van der Waals surface area contributed by atoms with Gasteiger partial charge in [0.05, 0.1) is 23.1 Å². The molecule has 2 fully saturated rings. The Bertz CT molecular complexity index is 628. The lowest BCUT2D eigenvalue weighted by Gasteiger charge is -2.18. The third-order valence-electron chi connectivity index (χ3n) is 4.57. The molecular weight excluding hydrogens is 270 g/mol. The summed E-state index contributed by atoms with van der Waals surface area (Å²) in [4.78, 5) is 37.2. The highest BCUT2D eigenvalue weighted by molar-refractivity contribution is 6.22. The van der Waals surface area contributed by atoms with Gasteiger partial charge in [0.1, 0.15) is 0 Å². The number of carboxylic acid groups (broad SMARTS) is 1. The van der Waals surface area contributed by atoms with Crippen LogP contribution in [0.4, 0.5) is 5.69 Å². The van der Waals surface area contributed by atoms with Crippen molar-refractivity contribution in [2.24, 2.45) is 17.8 Å². The molecule has 5 nitrogen and oxygen atoms in total. The Morgan fingerprint density at radius 2 is 1.76 bits per heavy atom. The molecular formula is C16H17NO4. The lowest BCUT2D eigenvalue weighted by atomic mass is 10.00. The number of rotatable bonds is 2. The number of amides is 2. The Kier molecular flexibility index (Phi) is 3.08. The van der Waals surface area contributed by atoms with Crippen molar-refractivity contribution < 1.29 is 19.5 Å². The van der Waals surface area contributed by atoms with Crippen molar-refractivity contribution in [3.05, 3.63) is 29.3 Å². The monoisotopic (exact) mass is 287 g/mol. The molecule has 1 saturated carbocycles. The first kappa shape index (κ1) is 13.8. The second kappa shape index (κ2) is 4.69. The Balaban J connectivity index is 1.95. The highest BCUT2D eigenvalue weighted by Gasteiger charge is 2.52. The van der Waals surface area contributed by atoms with Gasteiger partial charge in [-0.3, -0.25) is 14.5 Å². The number of aromatic carboxylic acids is 1. The van der Waals surface area contributed by atoms with Gasteiger partial charge in [0.15, 0.2) is 0 Å². The minimum Gasteiger partial charge on any atom is -0.478 e. The van der Waals surface area contributed by atoms with Crippen molar-refractivity contribution in [3.63, 3.8) is 0 Å². The number of fused-ring (bicyclic) bond motifs is 1. The molecule has 1 aromatic carbocycles. The van der Waals surface area contributed by atoms with Gasteiger partial charge in [-0.25, -0.2) is 4.79 Å². The van der Waals surface area contributed by atoms with Crippen LogP contribution in [0.15, 0.2) is 18.2 Å². The van der Waals surface area contributed by atoms with E-state index in [9.17, 15) is 14.4 Å². The fourth-order valence-electron chi connectivity index (χ4n) is 3.56. The summed E-state index contributed by atoms with van der Waals surface area (Å²) in [5.41, 5.74) is 1.22. The van der Waals surface area contributed by atoms with Gasteiger partial charge < -0.3 is 5.11 Å². The number of hydrogen-bond acceptors (Lipinski definition) is 3. The number of aryl methyl sites for hydroxylation is 1. The minimum absolute atomic E-state index is 0.142. The van der Waals surface area contributed by atoms with Crippen LogP contribution in [0.1, 0.15) is 35.7 Å². The molecule has 21 heavy (non-hydrogen) atoms.